The maximum Gasteiger partial charge on any atom is 0.295 e. The molecule has 94 valence electrons. The zero-order valence-electron chi connectivity index (χ0n) is 9.08. The summed E-state index contributed by atoms with van der Waals surface area (Å²) in [7, 11) is 0. The second-order valence-electron chi connectivity index (χ2n) is 3.85. The van der Waals surface area contributed by atoms with Crippen LogP contribution in [0.5, 0.6) is 0 Å². The van der Waals surface area contributed by atoms with Gasteiger partial charge in [-0.25, -0.2) is 0 Å². The summed E-state index contributed by atoms with van der Waals surface area (Å²) in [4.78, 5) is 32.7. The molecule has 3 N–H and O–H groups in total. The first-order chi connectivity index (χ1) is 8.40. The Labute approximate surface area is 106 Å². The highest BCUT2D eigenvalue weighted by Crippen LogP contribution is 2.27. The first kappa shape index (κ1) is 12.5. The monoisotopic (exact) mass is 267 g/mol. The summed E-state index contributed by atoms with van der Waals surface area (Å²) in [5.74, 6) is -0.506. The Kier molecular flexibility index (Phi) is 3.05. The van der Waals surface area contributed by atoms with Gasteiger partial charge in [0.2, 0.25) is 0 Å². The number of carbonyl (C=O) groups excluding carboxylic acids is 2. The lowest BCUT2D eigenvalue weighted by atomic mass is 9.97. The van der Waals surface area contributed by atoms with Crippen molar-refractivity contribution in [2.45, 2.75) is 12.1 Å². The van der Waals surface area contributed by atoms with Crippen LogP contribution in [0, 0.1) is 10.1 Å². The summed E-state index contributed by atoms with van der Waals surface area (Å²) in [6, 6.07) is 0. The van der Waals surface area contributed by atoms with E-state index in [-0.39, 0.29) is 11.3 Å². The average Bonchev–Trinajstić information content (AvgIpc) is 2.57. The van der Waals surface area contributed by atoms with Crippen LogP contribution in [-0.2, 0) is 4.79 Å². The molecule has 1 aliphatic heterocycles. The molecule has 8 heteroatoms. The summed E-state index contributed by atoms with van der Waals surface area (Å²) < 4.78 is 0. The van der Waals surface area contributed by atoms with Crippen LogP contribution in [0.3, 0.4) is 0 Å². The number of nitrogens with one attached hydrogen (secondary N) is 1. The summed E-state index contributed by atoms with van der Waals surface area (Å²) in [5, 5.41) is 12.5. The van der Waals surface area contributed by atoms with E-state index in [2.05, 4.69) is 5.32 Å². The number of carbonyl (C=O) groups is 2. The second kappa shape index (κ2) is 4.39. The molecule has 1 unspecified atom stereocenters. The molecule has 1 atom stereocenters. The third-order valence-corrected chi connectivity index (χ3v) is 3.26. The Morgan fingerprint density at radius 2 is 2.28 bits per heavy atom. The molecule has 0 radical (unpaired) electrons. The maximum atomic E-state index is 11.3. The topological polar surface area (TPSA) is 115 Å². The highest BCUT2D eigenvalue weighted by Gasteiger charge is 2.36. The second-order valence-corrected chi connectivity index (χ2v) is 4.87. The van der Waals surface area contributed by atoms with Crippen molar-refractivity contribution in [3.63, 3.8) is 0 Å². The van der Waals surface area contributed by atoms with E-state index < -0.39 is 21.7 Å². The van der Waals surface area contributed by atoms with E-state index in [1.807, 2.05) is 0 Å². The minimum Gasteiger partial charge on any atom is -0.282 e. The van der Waals surface area contributed by atoms with Gasteiger partial charge in [0.05, 0.1) is 11.3 Å². The molecule has 18 heavy (non-hydrogen) atoms. The van der Waals surface area contributed by atoms with Gasteiger partial charge in [-0.2, -0.15) is 0 Å². The van der Waals surface area contributed by atoms with Gasteiger partial charge in [-0.1, -0.05) is 12.2 Å². The molecule has 2 amide bonds. The Morgan fingerprint density at radius 1 is 1.56 bits per heavy atom. The van der Waals surface area contributed by atoms with Gasteiger partial charge >= 0.3 is 0 Å². The minimum atomic E-state index is -1.66. The standard InChI is InChI=1S/C10H9N3O4S/c11-10(13(16)17)3-1-2-6(5-10)4-7-8(14)12-9(15)18-7/h1-2,4-5H,3,11H2,(H,12,14,15). The van der Waals surface area contributed by atoms with Gasteiger partial charge in [0.1, 0.15) is 0 Å². The number of nitro groups is 1. The molecule has 1 aliphatic carbocycles. The maximum absolute atomic E-state index is 11.3. The Morgan fingerprint density at radius 3 is 2.83 bits per heavy atom. The van der Waals surface area contributed by atoms with Gasteiger partial charge in [-0.05, 0) is 23.4 Å². The van der Waals surface area contributed by atoms with Crippen LogP contribution >= 0.6 is 11.8 Å². The van der Waals surface area contributed by atoms with E-state index in [4.69, 9.17) is 5.73 Å². The zero-order valence-corrected chi connectivity index (χ0v) is 9.90. The molecular formula is C10H9N3O4S. The molecule has 0 aromatic rings. The van der Waals surface area contributed by atoms with Gasteiger partial charge in [0.15, 0.2) is 0 Å². The molecule has 1 saturated heterocycles. The van der Waals surface area contributed by atoms with Crippen LogP contribution in [0.15, 0.2) is 34.8 Å². The SMILES string of the molecule is NC1([N+](=O)[O-])C=C(C=C2SC(=O)NC2=O)C=CC1. The van der Waals surface area contributed by atoms with Crippen LogP contribution in [0.2, 0.25) is 0 Å². The first-order valence-corrected chi connectivity index (χ1v) is 5.80. The predicted molar refractivity (Wildman–Crippen MR) is 65.0 cm³/mol. The van der Waals surface area contributed by atoms with Crippen molar-refractivity contribution in [1.29, 1.82) is 0 Å². The highest BCUT2D eigenvalue weighted by molar-refractivity contribution is 8.18. The molecule has 0 aromatic heterocycles. The summed E-state index contributed by atoms with van der Waals surface area (Å²) in [6.07, 6.45) is 5.96. The summed E-state index contributed by atoms with van der Waals surface area (Å²) in [5.41, 5.74) is 4.37. The molecule has 0 aromatic carbocycles. The molecule has 1 heterocycles. The smallest absolute Gasteiger partial charge is 0.282 e. The Hall–Kier alpha value is -1.93. The number of rotatable bonds is 2. The van der Waals surface area contributed by atoms with Gasteiger partial charge in [-0.3, -0.25) is 30.8 Å². The van der Waals surface area contributed by atoms with Crippen LogP contribution in [0.1, 0.15) is 6.42 Å². The number of nitrogens with two attached hydrogens (primary N) is 1. The number of hydrogen-bond donors (Lipinski definition) is 2. The fraction of sp³-hybridized carbons (Fsp3) is 0.200. The van der Waals surface area contributed by atoms with E-state index in [1.54, 1.807) is 12.2 Å². The number of imide groups is 1. The molecule has 2 aliphatic rings. The normalized spacial score (nSPS) is 29.4. The van der Waals surface area contributed by atoms with E-state index >= 15 is 0 Å². The highest BCUT2D eigenvalue weighted by atomic mass is 32.2. The number of hydrogen-bond acceptors (Lipinski definition) is 6. The van der Waals surface area contributed by atoms with Crippen molar-refractivity contribution in [2.75, 3.05) is 0 Å². The third-order valence-electron chi connectivity index (χ3n) is 2.45. The Balaban J connectivity index is 2.29. The fourth-order valence-electron chi connectivity index (χ4n) is 1.57. The average molecular weight is 267 g/mol. The molecular weight excluding hydrogens is 258 g/mol. The van der Waals surface area contributed by atoms with Gasteiger partial charge in [0, 0.05) is 11.0 Å². The summed E-state index contributed by atoms with van der Waals surface area (Å²) in [6.45, 7) is 0. The lowest BCUT2D eigenvalue weighted by Gasteiger charge is -2.18. The number of nitrogens with zero attached hydrogens (tertiary/aromatic N) is 1. The minimum absolute atomic E-state index is 0.0882. The fourth-order valence-corrected chi connectivity index (χ4v) is 2.25. The van der Waals surface area contributed by atoms with Crippen molar-refractivity contribution >= 4 is 22.9 Å². The van der Waals surface area contributed by atoms with E-state index in [9.17, 15) is 19.7 Å². The molecule has 7 nitrogen and oxygen atoms in total. The third kappa shape index (κ3) is 2.34. The molecule has 0 bridgehead atoms. The van der Waals surface area contributed by atoms with Crippen molar-refractivity contribution in [2.24, 2.45) is 5.73 Å². The molecule has 0 saturated carbocycles. The predicted octanol–water partition coefficient (Wildman–Crippen LogP) is 0.671. The largest absolute Gasteiger partial charge is 0.295 e. The molecule has 1 fully saturated rings. The Bertz CT molecular complexity index is 537. The van der Waals surface area contributed by atoms with Crippen LogP contribution in [0.25, 0.3) is 0 Å². The summed E-state index contributed by atoms with van der Waals surface area (Å²) >= 11 is 0.752. The van der Waals surface area contributed by atoms with E-state index in [1.165, 1.54) is 12.2 Å². The lowest BCUT2D eigenvalue weighted by molar-refractivity contribution is -0.553. The van der Waals surface area contributed by atoms with Crippen LogP contribution < -0.4 is 11.1 Å². The number of allylic oxidation sites excluding steroid dienone is 3. The van der Waals surface area contributed by atoms with Crippen LogP contribution in [-0.4, -0.2) is 21.7 Å². The molecule has 0 spiro atoms. The van der Waals surface area contributed by atoms with Gasteiger partial charge in [-0.15, -0.1) is 0 Å². The van der Waals surface area contributed by atoms with Crippen molar-refractivity contribution in [1.82, 2.24) is 5.32 Å². The number of amides is 2. The van der Waals surface area contributed by atoms with Crippen LogP contribution in [0.4, 0.5) is 4.79 Å². The first-order valence-electron chi connectivity index (χ1n) is 4.98. The number of thioether (sulfide) groups is 1. The van der Waals surface area contributed by atoms with Crippen molar-refractivity contribution in [3.8, 4) is 0 Å². The van der Waals surface area contributed by atoms with Gasteiger partial charge < -0.3 is 0 Å². The van der Waals surface area contributed by atoms with E-state index in [0.29, 0.717) is 5.57 Å². The zero-order chi connectivity index (χ0) is 13.3. The van der Waals surface area contributed by atoms with Gasteiger partial charge in [0.25, 0.3) is 16.8 Å². The van der Waals surface area contributed by atoms with E-state index in [0.717, 1.165) is 11.8 Å². The van der Waals surface area contributed by atoms with Crippen molar-refractivity contribution in [3.05, 3.63) is 44.9 Å². The lowest BCUT2D eigenvalue weighted by Crippen LogP contribution is -2.46. The quantitative estimate of drug-likeness (QED) is 0.329. The molecule has 2 rings (SSSR count). The van der Waals surface area contributed by atoms with Crippen molar-refractivity contribution < 1.29 is 14.5 Å².